The molecule has 0 amide bonds. The maximum absolute atomic E-state index is 5.28. The lowest BCUT2D eigenvalue weighted by Crippen LogP contribution is -2.34. The van der Waals surface area contributed by atoms with Crippen LogP contribution in [0.2, 0.25) is 0 Å². The zero-order valence-electron chi connectivity index (χ0n) is 8.18. The lowest BCUT2D eigenvalue weighted by atomic mass is 10.0. The fourth-order valence-corrected chi connectivity index (χ4v) is 1.64. The second-order valence-electron chi connectivity index (χ2n) is 3.65. The van der Waals surface area contributed by atoms with Crippen LogP contribution in [-0.4, -0.2) is 16.7 Å². The van der Waals surface area contributed by atoms with Gasteiger partial charge in [-0.15, -0.1) is 0 Å². The Morgan fingerprint density at radius 1 is 1.47 bits per heavy atom. The summed E-state index contributed by atoms with van der Waals surface area (Å²) in [4.78, 5) is 4.05. The molecule has 4 heteroatoms. The van der Waals surface area contributed by atoms with Crippen molar-refractivity contribution in [3.8, 4) is 11.3 Å². The number of nitrogens with one attached hydrogen (secondary N) is 1. The molecule has 4 nitrogen and oxygen atoms in total. The van der Waals surface area contributed by atoms with Crippen molar-refractivity contribution in [3.05, 3.63) is 36.4 Å². The summed E-state index contributed by atoms with van der Waals surface area (Å²) in [5.41, 5.74) is 1.85. The molecule has 0 radical (unpaired) electrons. The van der Waals surface area contributed by atoms with Gasteiger partial charge in [0.2, 0.25) is 0 Å². The number of hydrogen-bond donors (Lipinski definition) is 1. The van der Waals surface area contributed by atoms with E-state index in [2.05, 4.69) is 15.5 Å². The van der Waals surface area contributed by atoms with E-state index in [0.29, 0.717) is 6.04 Å². The molecule has 0 aromatic carbocycles. The number of nitrogens with zero attached hydrogens (tertiary/aromatic N) is 2. The second kappa shape index (κ2) is 3.47. The third-order valence-electron chi connectivity index (χ3n) is 2.65. The van der Waals surface area contributed by atoms with Gasteiger partial charge < -0.3 is 9.84 Å². The molecular formula is C11H11N3O. The summed E-state index contributed by atoms with van der Waals surface area (Å²) in [6.07, 6.45) is 4.66. The molecule has 1 aliphatic heterocycles. The monoisotopic (exact) mass is 201 g/mol. The zero-order valence-corrected chi connectivity index (χ0v) is 8.18. The van der Waals surface area contributed by atoms with Crippen LogP contribution in [0.1, 0.15) is 18.2 Å². The third-order valence-corrected chi connectivity index (χ3v) is 2.65. The number of rotatable bonds is 2. The predicted molar refractivity (Wildman–Crippen MR) is 55.1 cm³/mol. The molecule has 1 aliphatic rings. The summed E-state index contributed by atoms with van der Waals surface area (Å²) in [6, 6.07) is 6.20. The van der Waals surface area contributed by atoms with Gasteiger partial charge in [0.25, 0.3) is 0 Å². The van der Waals surface area contributed by atoms with E-state index in [1.54, 1.807) is 12.4 Å². The molecule has 2 aromatic rings. The summed E-state index contributed by atoms with van der Waals surface area (Å²) in [7, 11) is 0. The maximum Gasteiger partial charge on any atom is 0.154 e. The van der Waals surface area contributed by atoms with Crippen LogP contribution in [0.3, 0.4) is 0 Å². The van der Waals surface area contributed by atoms with E-state index in [0.717, 1.165) is 30.0 Å². The smallest absolute Gasteiger partial charge is 0.154 e. The van der Waals surface area contributed by atoms with E-state index in [-0.39, 0.29) is 0 Å². The number of pyridine rings is 1. The van der Waals surface area contributed by atoms with Gasteiger partial charge >= 0.3 is 0 Å². The quantitative estimate of drug-likeness (QED) is 0.804. The Bertz CT molecular complexity index is 448. The summed E-state index contributed by atoms with van der Waals surface area (Å²) >= 11 is 0. The van der Waals surface area contributed by atoms with Gasteiger partial charge in [-0.3, -0.25) is 4.98 Å². The molecule has 0 saturated carbocycles. The molecule has 15 heavy (non-hydrogen) atoms. The fraction of sp³-hybridized carbons (Fsp3) is 0.273. The van der Waals surface area contributed by atoms with Crippen molar-refractivity contribution in [2.24, 2.45) is 0 Å². The van der Waals surface area contributed by atoms with Crippen molar-refractivity contribution in [1.82, 2.24) is 15.5 Å². The van der Waals surface area contributed by atoms with Crippen LogP contribution >= 0.6 is 0 Å². The number of aromatic nitrogens is 2. The summed E-state index contributed by atoms with van der Waals surface area (Å²) in [5.74, 6) is 0.917. The van der Waals surface area contributed by atoms with Crippen LogP contribution in [0.5, 0.6) is 0 Å². The van der Waals surface area contributed by atoms with Gasteiger partial charge in [-0.1, -0.05) is 5.16 Å². The minimum absolute atomic E-state index is 0.350. The average molecular weight is 201 g/mol. The summed E-state index contributed by atoms with van der Waals surface area (Å²) in [5, 5.41) is 7.31. The standard InChI is InChI=1S/C11H11N3O/c1-2-8(7-12-4-1)10-6-11(15-14-10)9-3-5-13-9/h1-2,4,6-7,9,13H,3,5H2. The molecule has 0 spiro atoms. The first-order chi connectivity index (χ1) is 7.43. The molecule has 1 atom stereocenters. The number of hydrogen-bond acceptors (Lipinski definition) is 4. The Kier molecular flexibility index (Phi) is 1.99. The van der Waals surface area contributed by atoms with Gasteiger partial charge in [0.15, 0.2) is 5.76 Å². The molecule has 3 heterocycles. The normalized spacial score (nSPS) is 19.9. The van der Waals surface area contributed by atoms with Gasteiger partial charge in [0.05, 0.1) is 6.04 Å². The maximum atomic E-state index is 5.28. The Hall–Kier alpha value is -1.68. The van der Waals surface area contributed by atoms with Gasteiger partial charge in [-0.05, 0) is 25.1 Å². The van der Waals surface area contributed by atoms with Gasteiger partial charge in [0, 0.05) is 24.0 Å². The van der Waals surface area contributed by atoms with E-state index in [1.807, 2.05) is 18.2 Å². The fourth-order valence-electron chi connectivity index (χ4n) is 1.64. The van der Waals surface area contributed by atoms with Gasteiger partial charge in [-0.2, -0.15) is 0 Å². The second-order valence-corrected chi connectivity index (χ2v) is 3.65. The van der Waals surface area contributed by atoms with Crippen molar-refractivity contribution in [2.45, 2.75) is 12.5 Å². The van der Waals surface area contributed by atoms with Gasteiger partial charge in [0.1, 0.15) is 5.69 Å². The van der Waals surface area contributed by atoms with Crippen molar-refractivity contribution in [1.29, 1.82) is 0 Å². The first kappa shape index (κ1) is 8.61. The van der Waals surface area contributed by atoms with Crippen molar-refractivity contribution in [2.75, 3.05) is 6.54 Å². The first-order valence-electron chi connectivity index (χ1n) is 5.04. The van der Waals surface area contributed by atoms with Crippen LogP contribution in [0.25, 0.3) is 11.3 Å². The molecule has 2 aromatic heterocycles. The lowest BCUT2D eigenvalue weighted by Gasteiger charge is -2.24. The van der Waals surface area contributed by atoms with Crippen LogP contribution in [0.15, 0.2) is 35.1 Å². The zero-order chi connectivity index (χ0) is 10.1. The summed E-state index contributed by atoms with van der Waals surface area (Å²) in [6.45, 7) is 1.06. The topological polar surface area (TPSA) is 51.0 Å². The highest BCUT2D eigenvalue weighted by atomic mass is 16.5. The van der Waals surface area contributed by atoms with Crippen LogP contribution in [0, 0.1) is 0 Å². The molecule has 3 rings (SSSR count). The average Bonchev–Trinajstić information content (AvgIpc) is 2.66. The first-order valence-corrected chi connectivity index (χ1v) is 5.04. The van der Waals surface area contributed by atoms with E-state index >= 15 is 0 Å². The van der Waals surface area contributed by atoms with E-state index in [4.69, 9.17) is 4.52 Å². The highest BCUT2D eigenvalue weighted by Crippen LogP contribution is 2.26. The van der Waals surface area contributed by atoms with Crippen LogP contribution < -0.4 is 5.32 Å². The Balaban J connectivity index is 1.90. The Morgan fingerprint density at radius 2 is 2.40 bits per heavy atom. The van der Waals surface area contributed by atoms with Crippen LogP contribution in [-0.2, 0) is 0 Å². The molecule has 1 saturated heterocycles. The minimum Gasteiger partial charge on any atom is -0.359 e. The van der Waals surface area contributed by atoms with E-state index in [9.17, 15) is 0 Å². The van der Waals surface area contributed by atoms with E-state index < -0.39 is 0 Å². The van der Waals surface area contributed by atoms with E-state index in [1.165, 1.54) is 0 Å². The summed E-state index contributed by atoms with van der Waals surface area (Å²) < 4.78 is 5.28. The van der Waals surface area contributed by atoms with Crippen LogP contribution in [0.4, 0.5) is 0 Å². The molecule has 1 N–H and O–H groups in total. The SMILES string of the molecule is c1cncc(-c2cc(C3CCN3)on2)c1. The molecule has 0 bridgehead atoms. The van der Waals surface area contributed by atoms with Crippen molar-refractivity contribution in [3.63, 3.8) is 0 Å². The Morgan fingerprint density at radius 3 is 3.07 bits per heavy atom. The molecule has 76 valence electrons. The highest BCUT2D eigenvalue weighted by molar-refractivity contribution is 5.57. The highest BCUT2D eigenvalue weighted by Gasteiger charge is 2.23. The minimum atomic E-state index is 0.350. The largest absolute Gasteiger partial charge is 0.359 e. The van der Waals surface area contributed by atoms with Gasteiger partial charge in [-0.25, -0.2) is 0 Å². The lowest BCUT2D eigenvalue weighted by molar-refractivity contribution is 0.282. The molecule has 1 unspecified atom stereocenters. The van der Waals surface area contributed by atoms with Crippen molar-refractivity contribution < 1.29 is 4.52 Å². The molecule has 1 fully saturated rings. The third kappa shape index (κ3) is 1.53. The predicted octanol–water partition coefficient (Wildman–Crippen LogP) is 1.77. The Labute approximate surface area is 87.3 Å². The molecule has 0 aliphatic carbocycles. The van der Waals surface area contributed by atoms with Crippen molar-refractivity contribution >= 4 is 0 Å². The molecular weight excluding hydrogens is 190 g/mol.